The summed E-state index contributed by atoms with van der Waals surface area (Å²) in [7, 11) is 0. The number of carbonyl (C=O) groups excluding carboxylic acids is 1. The molecule has 21 heavy (non-hydrogen) atoms. The predicted molar refractivity (Wildman–Crippen MR) is 90.8 cm³/mol. The van der Waals surface area contributed by atoms with Gasteiger partial charge < -0.3 is 4.90 Å². The predicted octanol–water partition coefficient (Wildman–Crippen LogP) is 5.17. The molecule has 2 heteroatoms. The molecule has 0 saturated heterocycles. The SMILES string of the molecule is CC1=C(C)C(C)(C)C(=O)C(C(C)C)=C(C(C)C)N1C(C)C. The van der Waals surface area contributed by atoms with Crippen molar-refractivity contribution in [3.63, 3.8) is 0 Å². The van der Waals surface area contributed by atoms with Crippen molar-refractivity contribution in [2.75, 3.05) is 0 Å². The van der Waals surface area contributed by atoms with Crippen molar-refractivity contribution in [2.45, 2.75) is 75.3 Å². The normalized spacial score (nSPS) is 20.2. The summed E-state index contributed by atoms with van der Waals surface area (Å²) in [6.45, 7) is 21.5. The van der Waals surface area contributed by atoms with Crippen LogP contribution < -0.4 is 0 Å². The van der Waals surface area contributed by atoms with E-state index in [-0.39, 0.29) is 5.92 Å². The van der Waals surface area contributed by atoms with Crippen molar-refractivity contribution in [1.29, 1.82) is 0 Å². The number of carbonyl (C=O) groups is 1. The molecule has 0 aromatic heterocycles. The molecule has 0 bridgehead atoms. The van der Waals surface area contributed by atoms with Gasteiger partial charge in [-0.25, -0.2) is 0 Å². The first kappa shape index (κ1) is 18.0. The zero-order valence-electron chi connectivity index (χ0n) is 15.6. The smallest absolute Gasteiger partial charge is 0.170 e. The van der Waals surface area contributed by atoms with Gasteiger partial charge in [-0.05, 0) is 59.0 Å². The zero-order valence-corrected chi connectivity index (χ0v) is 15.6. The van der Waals surface area contributed by atoms with Gasteiger partial charge in [0.1, 0.15) is 0 Å². The van der Waals surface area contributed by atoms with Crippen molar-refractivity contribution in [2.24, 2.45) is 17.3 Å². The lowest BCUT2D eigenvalue weighted by atomic mass is 9.75. The Balaban J connectivity index is 3.82. The van der Waals surface area contributed by atoms with Crippen LogP contribution in [-0.4, -0.2) is 16.7 Å². The lowest BCUT2D eigenvalue weighted by molar-refractivity contribution is -0.122. The fraction of sp³-hybridized carbons (Fsp3) is 0.737. The van der Waals surface area contributed by atoms with Gasteiger partial charge in [0.25, 0.3) is 0 Å². The Hall–Kier alpha value is -1.05. The average molecular weight is 291 g/mol. The molecule has 0 aromatic rings. The molecule has 2 nitrogen and oxygen atoms in total. The number of hydrogen-bond donors (Lipinski definition) is 0. The molecule has 0 amide bonds. The van der Waals surface area contributed by atoms with Crippen LogP contribution in [0.5, 0.6) is 0 Å². The first-order valence-electron chi connectivity index (χ1n) is 8.20. The Bertz CT molecular complexity index is 490. The second-order valence-electron chi connectivity index (χ2n) is 7.74. The molecule has 0 unspecified atom stereocenters. The molecule has 0 N–H and O–H groups in total. The van der Waals surface area contributed by atoms with Crippen molar-refractivity contribution < 1.29 is 4.79 Å². The van der Waals surface area contributed by atoms with Crippen LogP contribution in [0.4, 0.5) is 0 Å². The van der Waals surface area contributed by atoms with E-state index in [0.29, 0.717) is 17.7 Å². The molecule has 0 saturated carbocycles. The summed E-state index contributed by atoms with van der Waals surface area (Å²) in [6.07, 6.45) is 0. The van der Waals surface area contributed by atoms with Crippen molar-refractivity contribution >= 4 is 5.78 Å². The maximum absolute atomic E-state index is 13.2. The van der Waals surface area contributed by atoms with E-state index in [0.717, 1.165) is 5.57 Å². The third-order valence-electron chi connectivity index (χ3n) is 4.83. The minimum absolute atomic E-state index is 0.245. The summed E-state index contributed by atoms with van der Waals surface area (Å²) in [5.41, 5.74) is 4.23. The van der Waals surface area contributed by atoms with Crippen molar-refractivity contribution in [1.82, 2.24) is 4.90 Å². The third kappa shape index (κ3) is 2.95. The second-order valence-corrected chi connectivity index (χ2v) is 7.74. The highest BCUT2D eigenvalue weighted by atomic mass is 16.1. The van der Waals surface area contributed by atoms with Gasteiger partial charge in [0.2, 0.25) is 0 Å². The fourth-order valence-electron chi connectivity index (χ4n) is 3.38. The van der Waals surface area contributed by atoms with Crippen LogP contribution in [0.1, 0.15) is 69.2 Å². The lowest BCUT2D eigenvalue weighted by Gasteiger charge is -2.36. The largest absolute Gasteiger partial charge is 0.346 e. The summed E-state index contributed by atoms with van der Waals surface area (Å²) >= 11 is 0. The highest BCUT2D eigenvalue weighted by molar-refractivity contribution is 6.02. The van der Waals surface area contributed by atoms with Crippen LogP contribution in [0, 0.1) is 17.3 Å². The zero-order chi connectivity index (χ0) is 16.7. The molecular formula is C19H33NO. The monoisotopic (exact) mass is 291 g/mol. The lowest BCUT2D eigenvalue weighted by Crippen LogP contribution is -2.33. The van der Waals surface area contributed by atoms with E-state index in [4.69, 9.17) is 0 Å². The van der Waals surface area contributed by atoms with Crippen molar-refractivity contribution in [3.8, 4) is 0 Å². The van der Waals surface area contributed by atoms with Gasteiger partial charge >= 0.3 is 0 Å². The minimum Gasteiger partial charge on any atom is -0.346 e. The number of ketones is 1. The molecule has 0 fully saturated rings. The maximum atomic E-state index is 13.2. The van der Waals surface area contributed by atoms with Gasteiger partial charge in [0, 0.05) is 23.0 Å². The number of hydrogen-bond acceptors (Lipinski definition) is 2. The number of Topliss-reactive ketones (excluding diaryl/α,β-unsaturated/α-hetero) is 1. The molecule has 0 atom stereocenters. The van der Waals surface area contributed by atoms with Gasteiger partial charge in [-0.1, -0.05) is 27.7 Å². The highest BCUT2D eigenvalue weighted by Crippen LogP contribution is 2.43. The number of allylic oxidation sites excluding steroid dienone is 4. The van der Waals surface area contributed by atoms with E-state index in [1.54, 1.807) is 0 Å². The first-order valence-corrected chi connectivity index (χ1v) is 8.20. The standard InChI is InChI=1S/C19H33NO/c1-11(2)16-17(12(3)4)20(13(5)6)15(8)14(7)19(9,10)18(16)21/h11-13H,1-10H3. The van der Waals surface area contributed by atoms with Gasteiger partial charge in [-0.15, -0.1) is 0 Å². The molecule has 120 valence electrons. The second kappa shape index (κ2) is 5.98. The summed E-state index contributed by atoms with van der Waals surface area (Å²) in [4.78, 5) is 15.6. The van der Waals surface area contributed by atoms with Crippen LogP contribution in [0.3, 0.4) is 0 Å². The summed E-state index contributed by atoms with van der Waals surface area (Å²) in [5.74, 6) is 0.876. The van der Waals surface area contributed by atoms with Gasteiger partial charge in [-0.3, -0.25) is 4.79 Å². The van der Waals surface area contributed by atoms with Crippen LogP contribution >= 0.6 is 0 Å². The van der Waals surface area contributed by atoms with E-state index >= 15 is 0 Å². The number of nitrogens with zero attached hydrogens (tertiary/aromatic N) is 1. The van der Waals surface area contributed by atoms with Crippen LogP contribution in [0.2, 0.25) is 0 Å². The number of rotatable bonds is 3. The van der Waals surface area contributed by atoms with E-state index in [9.17, 15) is 4.79 Å². The molecule has 1 rings (SSSR count). The van der Waals surface area contributed by atoms with Crippen LogP contribution in [0.25, 0.3) is 0 Å². The Morgan fingerprint density at radius 3 is 1.71 bits per heavy atom. The summed E-state index contributed by atoms with van der Waals surface area (Å²) in [5, 5.41) is 0. The Morgan fingerprint density at radius 2 is 1.38 bits per heavy atom. The van der Waals surface area contributed by atoms with Crippen LogP contribution in [0.15, 0.2) is 22.5 Å². The van der Waals surface area contributed by atoms with Gasteiger partial charge in [0.15, 0.2) is 5.78 Å². The first-order chi connectivity index (χ1) is 9.44. The van der Waals surface area contributed by atoms with E-state index in [2.05, 4.69) is 74.1 Å². The Labute approximate surface area is 131 Å². The minimum atomic E-state index is -0.423. The maximum Gasteiger partial charge on any atom is 0.170 e. The molecular weight excluding hydrogens is 258 g/mol. The van der Waals surface area contributed by atoms with E-state index in [1.165, 1.54) is 17.0 Å². The molecule has 0 spiro atoms. The molecule has 1 heterocycles. The average Bonchev–Trinajstić information content (AvgIpc) is 2.39. The highest BCUT2D eigenvalue weighted by Gasteiger charge is 2.41. The summed E-state index contributed by atoms with van der Waals surface area (Å²) in [6, 6.07) is 0.354. The Morgan fingerprint density at radius 1 is 0.905 bits per heavy atom. The third-order valence-corrected chi connectivity index (χ3v) is 4.83. The van der Waals surface area contributed by atoms with E-state index < -0.39 is 5.41 Å². The molecule has 1 aliphatic rings. The molecule has 0 aromatic carbocycles. The molecule has 0 aliphatic carbocycles. The van der Waals surface area contributed by atoms with Crippen molar-refractivity contribution in [3.05, 3.63) is 22.5 Å². The molecule has 1 aliphatic heterocycles. The topological polar surface area (TPSA) is 20.3 Å². The van der Waals surface area contributed by atoms with Crippen LogP contribution in [-0.2, 0) is 4.79 Å². The van der Waals surface area contributed by atoms with E-state index in [1.807, 2.05) is 0 Å². The fourth-order valence-corrected chi connectivity index (χ4v) is 3.38. The Kier molecular flexibility index (Phi) is 5.13. The van der Waals surface area contributed by atoms with Gasteiger partial charge in [-0.2, -0.15) is 0 Å². The molecule has 0 radical (unpaired) electrons. The quantitative estimate of drug-likeness (QED) is 0.715. The van der Waals surface area contributed by atoms with Gasteiger partial charge in [0.05, 0.1) is 5.41 Å². The summed E-state index contributed by atoms with van der Waals surface area (Å²) < 4.78 is 0.